The first-order valence-electron chi connectivity index (χ1n) is 5.30. The van der Waals surface area contributed by atoms with Gasteiger partial charge in [-0.25, -0.2) is 0 Å². The Morgan fingerprint density at radius 3 is 1.47 bits per heavy atom. The van der Waals surface area contributed by atoms with Gasteiger partial charge < -0.3 is 0 Å². The van der Waals surface area contributed by atoms with Crippen molar-refractivity contribution in [1.82, 2.24) is 0 Å². The molecular formula is C17H20ClN. The van der Waals surface area contributed by atoms with Crippen LogP contribution in [0.15, 0.2) is 87.0 Å². The van der Waals surface area contributed by atoms with Gasteiger partial charge in [0.25, 0.3) is 0 Å². The van der Waals surface area contributed by atoms with Crippen LogP contribution in [-0.2, 0) is 0 Å². The second kappa shape index (κ2) is 24.8. The zero-order valence-corrected chi connectivity index (χ0v) is 11.9. The monoisotopic (exact) mass is 273 g/mol. The number of hydrogen-bond acceptors (Lipinski definition) is 1. The van der Waals surface area contributed by atoms with Crippen molar-refractivity contribution in [1.29, 1.82) is 5.26 Å². The van der Waals surface area contributed by atoms with Gasteiger partial charge in [0.2, 0.25) is 0 Å². The molecule has 1 aromatic rings. The molecular weight excluding hydrogens is 254 g/mol. The van der Waals surface area contributed by atoms with Crippen molar-refractivity contribution < 1.29 is 0 Å². The van der Waals surface area contributed by atoms with Crippen molar-refractivity contribution in [2.75, 3.05) is 0 Å². The van der Waals surface area contributed by atoms with Gasteiger partial charge in [-0.05, 0) is 11.1 Å². The van der Waals surface area contributed by atoms with E-state index in [4.69, 9.17) is 16.9 Å². The van der Waals surface area contributed by atoms with Gasteiger partial charge in [0.05, 0.1) is 6.07 Å². The predicted octanol–water partition coefficient (Wildman–Crippen LogP) is 5.75. The standard InChI is InChI=1S/C8H8.C4H6.C3H3N.C2H3Cl/c1-2-8-6-4-3-5-7-8;1-3-4-2;1-2-3-4;1-2-3/h2-7H,1H2;3-4H,1-2H2;2H,1H2;2H,1H2. The number of halogens is 1. The third-order valence-electron chi connectivity index (χ3n) is 1.29. The van der Waals surface area contributed by atoms with E-state index < -0.39 is 0 Å². The molecule has 0 atom stereocenters. The van der Waals surface area contributed by atoms with E-state index in [0.29, 0.717) is 0 Å². The first kappa shape index (κ1) is 21.9. The summed E-state index contributed by atoms with van der Waals surface area (Å²) >= 11 is 4.76. The molecule has 0 radical (unpaired) electrons. The zero-order valence-electron chi connectivity index (χ0n) is 11.1. The molecule has 0 bridgehead atoms. The van der Waals surface area contributed by atoms with Crippen molar-refractivity contribution in [2.45, 2.75) is 0 Å². The molecule has 0 aliphatic carbocycles. The fourth-order valence-electron chi connectivity index (χ4n) is 0.589. The number of nitrogens with zero attached hydrogens (tertiary/aromatic N) is 1. The van der Waals surface area contributed by atoms with Crippen LogP contribution in [0.5, 0.6) is 0 Å². The molecule has 1 aromatic carbocycles. The molecule has 2 heteroatoms. The molecule has 0 aliphatic heterocycles. The largest absolute Gasteiger partial charge is 0.193 e. The second-order valence-corrected chi connectivity index (χ2v) is 2.88. The van der Waals surface area contributed by atoms with E-state index >= 15 is 0 Å². The highest BCUT2D eigenvalue weighted by molar-refractivity contribution is 6.25. The Kier molecular flexibility index (Phi) is 28.6. The van der Waals surface area contributed by atoms with E-state index in [2.05, 4.69) is 32.9 Å². The van der Waals surface area contributed by atoms with Crippen molar-refractivity contribution in [2.24, 2.45) is 0 Å². The van der Waals surface area contributed by atoms with Crippen molar-refractivity contribution in [3.8, 4) is 6.07 Å². The molecule has 1 rings (SSSR count). The van der Waals surface area contributed by atoms with E-state index in [1.54, 1.807) is 18.2 Å². The maximum atomic E-state index is 7.51. The summed E-state index contributed by atoms with van der Waals surface area (Å²) in [5.74, 6) is 0. The highest BCUT2D eigenvalue weighted by Gasteiger charge is 1.75. The van der Waals surface area contributed by atoms with Gasteiger partial charge in [-0.2, -0.15) is 5.26 Å². The number of rotatable bonds is 2. The lowest BCUT2D eigenvalue weighted by Gasteiger charge is -1.85. The maximum Gasteiger partial charge on any atom is 0.0905 e. The van der Waals surface area contributed by atoms with Gasteiger partial charge in [-0.3, -0.25) is 0 Å². The van der Waals surface area contributed by atoms with Crippen LogP contribution in [0.2, 0.25) is 0 Å². The molecule has 0 saturated carbocycles. The third-order valence-corrected chi connectivity index (χ3v) is 1.29. The second-order valence-electron chi connectivity index (χ2n) is 2.57. The Labute approximate surface area is 122 Å². The van der Waals surface area contributed by atoms with Crippen LogP contribution in [0.4, 0.5) is 0 Å². The van der Waals surface area contributed by atoms with Gasteiger partial charge >= 0.3 is 0 Å². The SMILES string of the molecule is C=CC#N.C=CC=C.C=CCl.C=Cc1ccccc1. The Hall–Kier alpha value is -2.30. The predicted molar refractivity (Wildman–Crippen MR) is 88.8 cm³/mol. The normalized spacial score (nSPS) is 6.11. The molecule has 0 aromatic heterocycles. The first-order valence-corrected chi connectivity index (χ1v) is 5.74. The molecule has 0 aliphatic rings. The topological polar surface area (TPSA) is 23.8 Å². The molecule has 100 valence electrons. The van der Waals surface area contributed by atoms with E-state index in [9.17, 15) is 0 Å². The molecule has 1 nitrogen and oxygen atoms in total. The molecule has 0 amide bonds. The fraction of sp³-hybridized carbons (Fsp3) is 0. The first-order chi connectivity index (χ1) is 9.17. The highest BCUT2D eigenvalue weighted by Crippen LogP contribution is 1.97. The molecule has 0 unspecified atom stereocenters. The summed E-state index contributed by atoms with van der Waals surface area (Å²) in [5, 5.41) is 7.51. The van der Waals surface area contributed by atoms with Crippen molar-refractivity contribution in [3.05, 3.63) is 92.6 Å². The molecule has 0 heterocycles. The average Bonchev–Trinajstić information content (AvgIpc) is 2.49. The van der Waals surface area contributed by atoms with Crippen molar-refractivity contribution in [3.63, 3.8) is 0 Å². The number of hydrogen-bond donors (Lipinski definition) is 0. The van der Waals surface area contributed by atoms with Crippen LogP contribution >= 0.6 is 11.6 Å². The number of nitriles is 1. The van der Waals surface area contributed by atoms with E-state index in [-0.39, 0.29) is 0 Å². The summed E-state index contributed by atoms with van der Waals surface area (Å²) in [6, 6.07) is 11.7. The Morgan fingerprint density at radius 2 is 1.32 bits per heavy atom. The molecule has 0 fully saturated rings. The van der Waals surface area contributed by atoms with Crippen LogP contribution in [0.25, 0.3) is 6.08 Å². The summed E-state index contributed by atoms with van der Waals surface area (Å²) < 4.78 is 0. The average molecular weight is 274 g/mol. The summed E-state index contributed by atoms with van der Waals surface area (Å²) in [6.07, 6.45) is 6.29. The van der Waals surface area contributed by atoms with Crippen molar-refractivity contribution >= 4 is 17.7 Å². The van der Waals surface area contributed by atoms with Gasteiger partial charge in [0, 0.05) is 6.08 Å². The number of benzene rings is 1. The van der Waals surface area contributed by atoms with E-state index in [0.717, 1.165) is 0 Å². The summed E-state index contributed by atoms with van der Waals surface area (Å²) in [7, 11) is 0. The summed E-state index contributed by atoms with van der Waals surface area (Å²) in [5.41, 5.74) is 2.40. The smallest absolute Gasteiger partial charge is 0.0905 e. The van der Waals surface area contributed by atoms with Crippen LogP contribution in [0, 0.1) is 11.3 Å². The van der Waals surface area contributed by atoms with E-state index in [1.807, 2.05) is 36.4 Å². The quantitative estimate of drug-likeness (QED) is 0.497. The van der Waals surface area contributed by atoms with Crippen LogP contribution < -0.4 is 0 Å². The maximum absolute atomic E-state index is 7.51. The van der Waals surface area contributed by atoms with Crippen LogP contribution in [0.1, 0.15) is 5.56 Å². The fourth-order valence-corrected chi connectivity index (χ4v) is 0.589. The van der Waals surface area contributed by atoms with Gasteiger partial charge in [0.15, 0.2) is 0 Å². The lowest BCUT2D eigenvalue weighted by atomic mass is 10.2. The summed E-state index contributed by atoms with van der Waals surface area (Å²) in [6.45, 7) is 16.6. The zero-order chi connectivity index (χ0) is 15.4. The number of allylic oxidation sites excluding steroid dienone is 3. The molecule has 0 spiro atoms. The third kappa shape index (κ3) is 31.3. The summed E-state index contributed by atoms with van der Waals surface area (Å²) in [4.78, 5) is 0. The molecule has 19 heavy (non-hydrogen) atoms. The van der Waals surface area contributed by atoms with Gasteiger partial charge in [-0.1, -0.05) is 93.1 Å². The lowest BCUT2D eigenvalue weighted by molar-refractivity contribution is 1.54. The minimum atomic E-state index is 1.17. The Bertz CT molecular complexity index is 379. The minimum Gasteiger partial charge on any atom is -0.193 e. The molecule has 0 saturated heterocycles. The Morgan fingerprint density at radius 1 is 0.947 bits per heavy atom. The van der Waals surface area contributed by atoms with Gasteiger partial charge in [-0.15, -0.1) is 0 Å². The molecule has 0 N–H and O–H groups in total. The van der Waals surface area contributed by atoms with Crippen LogP contribution in [-0.4, -0.2) is 0 Å². The van der Waals surface area contributed by atoms with Gasteiger partial charge in [0.1, 0.15) is 0 Å². The van der Waals surface area contributed by atoms with E-state index in [1.165, 1.54) is 17.2 Å². The lowest BCUT2D eigenvalue weighted by Crippen LogP contribution is -1.63. The highest BCUT2D eigenvalue weighted by atomic mass is 35.5. The van der Waals surface area contributed by atoms with Crippen LogP contribution in [0.3, 0.4) is 0 Å². The minimum absolute atomic E-state index is 1.17. The Balaban J connectivity index is -0.000000200.